The first-order chi connectivity index (χ1) is 17.0. The first-order valence-electron chi connectivity index (χ1n) is 11.7. The Hall–Kier alpha value is -3.99. The monoisotopic (exact) mass is 475 g/mol. The van der Waals surface area contributed by atoms with E-state index in [4.69, 9.17) is 10.2 Å². The third-order valence-corrected chi connectivity index (χ3v) is 6.13. The molecule has 1 aromatic carbocycles. The molecule has 0 spiro atoms. The summed E-state index contributed by atoms with van der Waals surface area (Å²) in [6.45, 7) is 7.89. The number of carbonyl (C=O) groups excluding carboxylic acids is 1. The highest BCUT2D eigenvalue weighted by molar-refractivity contribution is 5.84. The van der Waals surface area contributed by atoms with Crippen molar-refractivity contribution in [2.75, 3.05) is 37.2 Å². The van der Waals surface area contributed by atoms with E-state index in [0.717, 1.165) is 19.6 Å². The number of piperazine rings is 1. The zero-order chi connectivity index (χ0) is 24.4. The molecule has 0 aliphatic carbocycles. The van der Waals surface area contributed by atoms with Crippen molar-refractivity contribution in [2.24, 2.45) is 5.92 Å². The number of carbonyl (C=O) groups is 1. The Kier molecular flexibility index (Phi) is 6.32. The summed E-state index contributed by atoms with van der Waals surface area (Å²) < 4.78 is 6.71. The summed E-state index contributed by atoms with van der Waals surface area (Å²) in [4.78, 5) is 30.9. The Morgan fingerprint density at radius 3 is 2.51 bits per heavy atom. The van der Waals surface area contributed by atoms with Crippen molar-refractivity contribution < 1.29 is 9.21 Å². The van der Waals surface area contributed by atoms with Gasteiger partial charge < -0.3 is 20.4 Å². The summed E-state index contributed by atoms with van der Waals surface area (Å²) >= 11 is 0. The van der Waals surface area contributed by atoms with E-state index in [9.17, 15) is 4.79 Å². The van der Waals surface area contributed by atoms with E-state index < -0.39 is 6.04 Å². The normalized spacial score (nSPS) is 15.6. The number of nitrogens with two attached hydrogens (primary N) is 1. The molecule has 1 aliphatic heterocycles. The summed E-state index contributed by atoms with van der Waals surface area (Å²) in [5.41, 5.74) is 7.39. The van der Waals surface area contributed by atoms with E-state index >= 15 is 0 Å². The molecule has 35 heavy (non-hydrogen) atoms. The minimum absolute atomic E-state index is 0.0162. The lowest BCUT2D eigenvalue weighted by Gasteiger charge is -2.37. The van der Waals surface area contributed by atoms with E-state index in [1.54, 1.807) is 18.4 Å². The third-order valence-electron chi connectivity index (χ3n) is 6.13. The van der Waals surface area contributed by atoms with Gasteiger partial charge in [-0.2, -0.15) is 19.5 Å². The number of furan rings is 1. The van der Waals surface area contributed by atoms with E-state index in [0.29, 0.717) is 24.7 Å². The average molecular weight is 476 g/mol. The maximum atomic E-state index is 13.4. The van der Waals surface area contributed by atoms with Crippen LogP contribution in [-0.4, -0.2) is 72.5 Å². The van der Waals surface area contributed by atoms with E-state index in [1.807, 2.05) is 24.8 Å². The zero-order valence-corrected chi connectivity index (χ0v) is 19.8. The highest BCUT2D eigenvalue weighted by Gasteiger charge is 2.30. The lowest BCUT2D eigenvalue weighted by molar-refractivity contribution is -0.134. The molecule has 11 nitrogen and oxygen atoms in total. The van der Waals surface area contributed by atoms with Gasteiger partial charge >= 0.3 is 0 Å². The smallest absolute Gasteiger partial charge is 0.259 e. The predicted molar refractivity (Wildman–Crippen MR) is 131 cm³/mol. The van der Waals surface area contributed by atoms with Crippen LogP contribution in [0.4, 0.5) is 11.9 Å². The molecule has 0 saturated carbocycles. The minimum Gasteiger partial charge on any atom is -0.461 e. The molecule has 1 unspecified atom stereocenters. The van der Waals surface area contributed by atoms with Crippen molar-refractivity contribution in [3.8, 4) is 11.6 Å². The standard InChI is InChI=1S/C24H29N9O2/c1-16(2)19(21(34)32-12-10-31(11-13-32)15-17-7-4-3-5-8-17)26-23-28-22(25)33-24(29-23)27-20(30-33)18-9-6-14-35-18/h3-9,14,16,19H,10-13,15H2,1-2H3,(H3,25,26,27,28,29,30). The number of benzene rings is 1. The van der Waals surface area contributed by atoms with Gasteiger partial charge in [-0.25, -0.2) is 0 Å². The fraction of sp³-hybridized carbons (Fsp3) is 0.375. The molecule has 5 rings (SSSR count). The van der Waals surface area contributed by atoms with E-state index in [1.165, 1.54) is 10.1 Å². The van der Waals surface area contributed by atoms with Gasteiger partial charge in [0, 0.05) is 32.7 Å². The Labute approximate surface area is 203 Å². The zero-order valence-electron chi connectivity index (χ0n) is 19.8. The number of nitrogen functional groups attached to an aromatic ring is 1. The Morgan fingerprint density at radius 1 is 1.06 bits per heavy atom. The first kappa shape index (κ1) is 22.8. The van der Waals surface area contributed by atoms with E-state index in [-0.39, 0.29) is 29.5 Å². The minimum atomic E-state index is -0.495. The van der Waals surface area contributed by atoms with Crippen LogP contribution in [0.25, 0.3) is 17.4 Å². The van der Waals surface area contributed by atoms with Gasteiger partial charge in [-0.15, -0.1) is 5.10 Å². The highest BCUT2D eigenvalue weighted by atomic mass is 16.3. The highest BCUT2D eigenvalue weighted by Crippen LogP contribution is 2.19. The van der Waals surface area contributed by atoms with Crippen molar-refractivity contribution in [1.82, 2.24) is 34.4 Å². The van der Waals surface area contributed by atoms with Crippen LogP contribution in [0.5, 0.6) is 0 Å². The Morgan fingerprint density at radius 2 is 1.83 bits per heavy atom. The fourth-order valence-corrected chi connectivity index (χ4v) is 4.20. The molecule has 1 atom stereocenters. The SMILES string of the molecule is CC(C)C(Nc1nc(N)n2nc(-c3ccco3)nc2n1)C(=O)N1CCN(Cc2ccccc2)CC1. The Bertz CT molecular complexity index is 1280. The molecule has 1 amide bonds. The summed E-state index contributed by atoms with van der Waals surface area (Å²) in [5.74, 6) is 1.54. The number of amides is 1. The van der Waals surface area contributed by atoms with Gasteiger partial charge in [-0.3, -0.25) is 9.69 Å². The van der Waals surface area contributed by atoms with Gasteiger partial charge in [0.25, 0.3) is 5.78 Å². The predicted octanol–water partition coefficient (Wildman–Crippen LogP) is 2.14. The molecule has 0 bridgehead atoms. The van der Waals surface area contributed by atoms with Crippen molar-refractivity contribution in [3.63, 3.8) is 0 Å². The molecule has 11 heteroatoms. The van der Waals surface area contributed by atoms with Gasteiger partial charge in [0.05, 0.1) is 6.26 Å². The molecule has 1 fully saturated rings. The van der Waals surface area contributed by atoms with Gasteiger partial charge in [0.1, 0.15) is 6.04 Å². The number of anilines is 2. The maximum Gasteiger partial charge on any atom is 0.259 e. The van der Waals surface area contributed by atoms with Crippen LogP contribution in [0.15, 0.2) is 53.1 Å². The van der Waals surface area contributed by atoms with Crippen molar-refractivity contribution in [2.45, 2.75) is 26.4 Å². The number of hydrogen-bond donors (Lipinski definition) is 2. The molecule has 1 aliphatic rings. The lowest BCUT2D eigenvalue weighted by atomic mass is 10.0. The number of rotatable bonds is 7. The maximum absolute atomic E-state index is 13.4. The van der Waals surface area contributed by atoms with Gasteiger partial charge in [-0.05, 0) is 23.6 Å². The van der Waals surface area contributed by atoms with Crippen molar-refractivity contribution in [1.29, 1.82) is 0 Å². The molecular weight excluding hydrogens is 446 g/mol. The summed E-state index contributed by atoms with van der Waals surface area (Å²) in [5, 5.41) is 7.50. The van der Waals surface area contributed by atoms with Crippen molar-refractivity contribution >= 4 is 23.6 Å². The third kappa shape index (κ3) is 4.94. The molecule has 4 aromatic rings. The van der Waals surface area contributed by atoms with Crippen LogP contribution in [0.1, 0.15) is 19.4 Å². The molecule has 182 valence electrons. The van der Waals surface area contributed by atoms with Crippen LogP contribution >= 0.6 is 0 Å². The fourth-order valence-electron chi connectivity index (χ4n) is 4.20. The van der Waals surface area contributed by atoms with Crippen LogP contribution in [0.3, 0.4) is 0 Å². The van der Waals surface area contributed by atoms with Gasteiger partial charge in [0.2, 0.25) is 23.6 Å². The second-order valence-corrected chi connectivity index (χ2v) is 8.98. The number of nitrogens with one attached hydrogen (secondary N) is 1. The Balaban J connectivity index is 1.27. The number of hydrogen-bond acceptors (Lipinski definition) is 9. The van der Waals surface area contributed by atoms with Crippen LogP contribution in [0.2, 0.25) is 0 Å². The second-order valence-electron chi connectivity index (χ2n) is 8.98. The summed E-state index contributed by atoms with van der Waals surface area (Å²) in [6.07, 6.45) is 1.55. The largest absolute Gasteiger partial charge is 0.461 e. The first-order valence-corrected chi connectivity index (χ1v) is 11.7. The molecule has 0 radical (unpaired) electrons. The van der Waals surface area contributed by atoms with E-state index in [2.05, 4.69) is 54.5 Å². The summed E-state index contributed by atoms with van der Waals surface area (Å²) in [7, 11) is 0. The lowest BCUT2D eigenvalue weighted by Crippen LogP contribution is -2.53. The number of nitrogens with zero attached hydrogens (tertiary/aromatic N) is 7. The second kappa shape index (κ2) is 9.71. The number of aromatic nitrogens is 5. The molecule has 4 heterocycles. The van der Waals surface area contributed by atoms with Crippen molar-refractivity contribution in [3.05, 3.63) is 54.3 Å². The molecular formula is C24H29N9O2. The van der Waals surface area contributed by atoms with Gasteiger partial charge in [-0.1, -0.05) is 44.2 Å². The number of fused-ring (bicyclic) bond motifs is 1. The molecule has 1 saturated heterocycles. The molecule has 3 N–H and O–H groups in total. The topological polar surface area (TPSA) is 131 Å². The molecule has 3 aromatic heterocycles. The quantitative estimate of drug-likeness (QED) is 0.413. The van der Waals surface area contributed by atoms with Crippen LogP contribution in [-0.2, 0) is 11.3 Å². The van der Waals surface area contributed by atoms with Gasteiger partial charge in [0.15, 0.2) is 5.76 Å². The average Bonchev–Trinajstić information content (AvgIpc) is 3.53. The van der Waals surface area contributed by atoms with Crippen LogP contribution < -0.4 is 11.1 Å². The summed E-state index contributed by atoms with van der Waals surface area (Å²) in [6, 6.07) is 13.4. The van der Waals surface area contributed by atoms with Crippen LogP contribution in [0, 0.1) is 5.92 Å².